The highest BCUT2D eigenvalue weighted by Gasteiger charge is 2.27. The minimum atomic E-state index is -3.50. The van der Waals surface area contributed by atoms with E-state index in [0.29, 0.717) is 6.61 Å². The fourth-order valence-corrected chi connectivity index (χ4v) is 4.16. The fourth-order valence-electron chi connectivity index (χ4n) is 3.37. The van der Waals surface area contributed by atoms with Crippen LogP contribution in [0.1, 0.15) is 63.5 Å². The van der Waals surface area contributed by atoms with Crippen LogP contribution in [0.5, 0.6) is 0 Å². The van der Waals surface area contributed by atoms with Crippen molar-refractivity contribution in [1.29, 1.82) is 0 Å². The number of sulfonamides is 1. The number of amides is 1. The van der Waals surface area contributed by atoms with Crippen LogP contribution in [0.25, 0.3) is 0 Å². The van der Waals surface area contributed by atoms with E-state index >= 15 is 0 Å². The molecule has 1 N–H and O–H groups in total. The minimum Gasteiger partial charge on any atom is -0.377 e. The summed E-state index contributed by atoms with van der Waals surface area (Å²) in [4.78, 5) is 12.7. The summed E-state index contributed by atoms with van der Waals surface area (Å²) >= 11 is 0. The van der Waals surface area contributed by atoms with E-state index in [1.807, 2.05) is 18.2 Å². The Morgan fingerprint density at radius 1 is 1.22 bits per heavy atom. The number of nitrogens with one attached hydrogen (secondary N) is 1. The van der Waals surface area contributed by atoms with Crippen molar-refractivity contribution in [2.45, 2.75) is 58.5 Å². The second-order valence-electron chi connectivity index (χ2n) is 7.86. The molecule has 27 heavy (non-hydrogen) atoms. The summed E-state index contributed by atoms with van der Waals surface area (Å²) in [5.41, 5.74) is 2.91. The van der Waals surface area contributed by atoms with Crippen molar-refractivity contribution in [3.05, 3.63) is 29.3 Å². The summed E-state index contributed by atoms with van der Waals surface area (Å²) in [7, 11) is -3.50. The predicted molar refractivity (Wildman–Crippen MR) is 109 cm³/mol. The van der Waals surface area contributed by atoms with Gasteiger partial charge in [0.2, 0.25) is 15.9 Å². The van der Waals surface area contributed by atoms with E-state index in [-0.39, 0.29) is 36.9 Å². The van der Waals surface area contributed by atoms with E-state index in [0.717, 1.165) is 35.9 Å². The van der Waals surface area contributed by atoms with Gasteiger partial charge in [0.05, 0.1) is 18.9 Å². The second-order valence-corrected chi connectivity index (χ2v) is 9.84. The standard InChI is InChI=1S/C20H32N2O4S/c1-14(2)17-9-6-10-18(15(3)4)20(17)21-19(23)13-22(27(5,24)25)12-16-8-7-11-26-16/h6,9-10,14-16H,7-8,11-13H2,1-5H3,(H,21,23). The molecule has 1 fully saturated rings. The Morgan fingerprint density at radius 2 is 1.81 bits per heavy atom. The number of hydrogen-bond acceptors (Lipinski definition) is 4. The van der Waals surface area contributed by atoms with Crippen LogP contribution in [0.4, 0.5) is 5.69 Å². The topological polar surface area (TPSA) is 75.7 Å². The molecule has 0 saturated carbocycles. The average Bonchev–Trinajstić information content (AvgIpc) is 3.06. The number of para-hydroxylation sites is 1. The van der Waals surface area contributed by atoms with Crippen LogP contribution in [0.2, 0.25) is 0 Å². The number of carbonyl (C=O) groups is 1. The van der Waals surface area contributed by atoms with Crippen molar-refractivity contribution in [1.82, 2.24) is 4.31 Å². The predicted octanol–water partition coefficient (Wildman–Crippen LogP) is 3.31. The summed E-state index contributed by atoms with van der Waals surface area (Å²) in [6, 6.07) is 6.01. The number of benzene rings is 1. The Bertz CT molecular complexity index is 727. The smallest absolute Gasteiger partial charge is 0.239 e. The van der Waals surface area contributed by atoms with E-state index < -0.39 is 10.0 Å². The highest BCUT2D eigenvalue weighted by Crippen LogP contribution is 2.32. The first-order chi connectivity index (χ1) is 12.6. The molecule has 1 saturated heterocycles. The van der Waals surface area contributed by atoms with E-state index in [2.05, 4.69) is 33.0 Å². The van der Waals surface area contributed by atoms with Crippen molar-refractivity contribution in [2.24, 2.45) is 0 Å². The molecule has 0 bridgehead atoms. The summed E-state index contributed by atoms with van der Waals surface area (Å²) in [5, 5.41) is 2.98. The van der Waals surface area contributed by atoms with Gasteiger partial charge in [0, 0.05) is 18.8 Å². The normalized spacial score (nSPS) is 17.9. The van der Waals surface area contributed by atoms with Gasteiger partial charge in [-0.25, -0.2) is 8.42 Å². The zero-order valence-corrected chi connectivity index (χ0v) is 17.8. The number of hydrogen-bond donors (Lipinski definition) is 1. The van der Waals surface area contributed by atoms with Crippen LogP contribution in [0.15, 0.2) is 18.2 Å². The molecule has 1 unspecified atom stereocenters. The van der Waals surface area contributed by atoms with Gasteiger partial charge in [0.25, 0.3) is 0 Å². The van der Waals surface area contributed by atoms with Gasteiger partial charge in [-0.2, -0.15) is 4.31 Å². The molecular formula is C20H32N2O4S. The van der Waals surface area contributed by atoms with Gasteiger partial charge in [0.1, 0.15) is 0 Å². The van der Waals surface area contributed by atoms with Gasteiger partial charge in [-0.05, 0) is 35.8 Å². The fraction of sp³-hybridized carbons (Fsp3) is 0.650. The lowest BCUT2D eigenvalue weighted by molar-refractivity contribution is -0.116. The van der Waals surface area contributed by atoms with Gasteiger partial charge < -0.3 is 10.1 Å². The van der Waals surface area contributed by atoms with Crippen LogP contribution < -0.4 is 5.32 Å². The Morgan fingerprint density at radius 3 is 2.26 bits per heavy atom. The van der Waals surface area contributed by atoms with E-state index in [9.17, 15) is 13.2 Å². The number of rotatable bonds is 8. The molecule has 1 aliphatic heterocycles. The van der Waals surface area contributed by atoms with Crippen molar-refractivity contribution in [3.63, 3.8) is 0 Å². The first-order valence-corrected chi connectivity index (χ1v) is 11.4. The molecule has 0 aromatic heterocycles. The number of carbonyl (C=O) groups excluding carboxylic acids is 1. The maximum atomic E-state index is 12.7. The van der Waals surface area contributed by atoms with Gasteiger partial charge in [0.15, 0.2) is 0 Å². The Hall–Kier alpha value is -1.44. The maximum absolute atomic E-state index is 12.7. The maximum Gasteiger partial charge on any atom is 0.239 e. The molecule has 2 rings (SSSR count). The molecule has 6 nitrogen and oxygen atoms in total. The average molecular weight is 397 g/mol. The number of ether oxygens (including phenoxy) is 1. The summed E-state index contributed by atoms with van der Waals surface area (Å²) in [6.45, 7) is 8.97. The third-order valence-corrected chi connectivity index (χ3v) is 6.07. The van der Waals surface area contributed by atoms with E-state index in [1.165, 1.54) is 4.31 Å². The quantitative estimate of drug-likeness (QED) is 0.731. The van der Waals surface area contributed by atoms with Gasteiger partial charge >= 0.3 is 0 Å². The molecule has 0 aliphatic carbocycles. The molecule has 1 atom stereocenters. The van der Waals surface area contributed by atoms with Crippen molar-refractivity contribution < 1.29 is 17.9 Å². The largest absolute Gasteiger partial charge is 0.377 e. The second kappa shape index (κ2) is 9.17. The molecule has 1 aromatic rings. The molecule has 0 spiro atoms. The van der Waals surface area contributed by atoms with Gasteiger partial charge in [-0.15, -0.1) is 0 Å². The van der Waals surface area contributed by atoms with Crippen molar-refractivity contribution in [3.8, 4) is 0 Å². The van der Waals surface area contributed by atoms with Crippen LogP contribution in [-0.4, -0.2) is 50.7 Å². The third kappa shape index (κ3) is 6.02. The lowest BCUT2D eigenvalue weighted by Crippen LogP contribution is -2.41. The summed E-state index contributed by atoms with van der Waals surface area (Å²) in [6.07, 6.45) is 2.74. The van der Waals surface area contributed by atoms with E-state index in [4.69, 9.17) is 4.74 Å². The van der Waals surface area contributed by atoms with Crippen molar-refractivity contribution >= 4 is 21.6 Å². The molecule has 1 heterocycles. The first kappa shape index (κ1) is 21.9. The van der Waals surface area contributed by atoms with Crippen LogP contribution >= 0.6 is 0 Å². The van der Waals surface area contributed by atoms with Crippen LogP contribution in [0, 0.1) is 0 Å². The monoisotopic (exact) mass is 396 g/mol. The molecular weight excluding hydrogens is 364 g/mol. The molecule has 1 aromatic carbocycles. The summed E-state index contributed by atoms with van der Waals surface area (Å²) < 4.78 is 31.1. The number of anilines is 1. The Kier molecular flexibility index (Phi) is 7.42. The van der Waals surface area contributed by atoms with E-state index in [1.54, 1.807) is 0 Å². The van der Waals surface area contributed by atoms with Crippen LogP contribution in [0.3, 0.4) is 0 Å². The Labute approximate surface area is 163 Å². The summed E-state index contributed by atoms with van der Waals surface area (Å²) in [5.74, 6) is 0.169. The Balaban J connectivity index is 2.20. The third-order valence-electron chi connectivity index (χ3n) is 4.86. The first-order valence-electron chi connectivity index (χ1n) is 9.59. The molecule has 152 valence electrons. The molecule has 0 radical (unpaired) electrons. The number of nitrogens with zero attached hydrogens (tertiary/aromatic N) is 1. The minimum absolute atomic E-state index is 0.137. The highest BCUT2D eigenvalue weighted by atomic mass is 32.2. The highest BCUT2D eigenvalue weighted by molar-refractivity contribution is 7.88. The van der Waals surface area contributed by atoms with Crippen molar-refractivity contribution in [2.75, 3.05) is 31.3 Å². The SMILES string of the molecule is CC(C)c1cccc(C(C)C)c1NC(=O)CN(CC1CCCO1)S(C)(=O)=O. The molecule has 7 heteroatoms. The van der Waals surface area contributed by atoms with Crippen LogP contribution in [-0.2, 0) is 19.6 Å². The lowest BCUT2D eigenvalue weighted by atomic mass is 9.92. The molecule has 1 aliphatic rings. The molecule has 1 amide bonds. The lowest BCUT2D eigenvalue weighted by Gasteiger charge is -2.24. The zero-order valence-electron chi connectivity index (χ0n) is 17.0. The zero-order chi connectivity index (χ0) is 20.2. The van der Waals surface area contributed by atoms with Gasteiger partial charge in [-0.1, -0.05) is 45.9 Å². The van der Waals surface area contributed by atoms with Gasteiger partial charge in [-0.3, -0.25) is 4.79 Å².